The minimum atomic E-state index is 0.215. The molecule has 17 heavy (non-hydrogen) atoms. The van der Waals surface area contributed by atoms with Crippen molar-refractivity contribution in [2.24, 2.45) is 5.92 Å². The van der Waals surface area contributed by atoms with Crippen molar-refractivity contribution in [1.82, 2.24) is 15.1 Å². The van der Waals surface area contributed by atoms with Crippen LogP contribution in [0.1, 0.15) is 25.7 Å². The van der Waals surface area contributed by atoms with Crippen LogP contribution in [0.3, 0.4) is 0 Å². The van der Waals surface area contributed by atoms with Gasteiger partial charge in [0.1, 0.15) is 0 Å². The molecule has 2 saturated heterocycles. The van der Waals surface area contributed by atoms with Gasteiger partial charge in [-0.1, -0.05) is 0 Å². The van der Waals surface area contributed by atoms with Gasteiger partial charge < -0.3 is 15.1 Å². The van der Waals surface area contributed by atoms with Crippen LogP contribution in [0.25, 0.3) is 0 Å². The number of carbonyl (C=O) groups is 1. The van der Waals surface area contributed by atoms with Crippen LogP contribution < -0.4 is 5.32 Å². The predicted molar refractivity (Wildman–Crippen MR) is 68.9 cm³/mol. The summed E-state index contributed by atoms with van der Waals surface area (Å²) < 4.78 is 0. The summed E-state index contributed by atoms with van der Waals surface area (Å²) in [6.07, 6.45) is 4.84. The zero-order valence-electron chi connectivity index (χ0n) is 11.0. The van der Waals surface area contributed by atoms with Crippen LogP contribution in [0.15, 0.2) is 0 Å². The highest BCUT2D eigenvalue weighted by atomic mass is 16.2. The Bertz CT molecular complexity index is 245. The second-order valence-electron chi connectivity index (χ2n) is 5.35. The average molecular weight is 239 g/mol. The van der Waals surface area contributed by atoms with Gasteiger partial charge in [0.15, 0.2) is 0 Å². The van der Waals surface area contributed by atoms with Crippen molar-refractivity contribution in [2.75, 3.05) is 46.3 Å². The molecular weight excluding hydrogens is 214 g/mol. The molecule has 1 N–H and O–H groups in total. The molecule has 0 aliphatic carbocycles. The number of amides is 1. The van der Waals surface area contributed by atoms with E-state index in [0.717, 1.165) is 39.0 Å². The second-order valence-corrected chi connectivity index (χ2v) is 5.35. The number of piperidine rings is 1. The van der Waals surface area contributed by atoms with E-state index in [4.69, 9.17) is 0 Å². The molecule has 0 radical (unpaired) electrons. The number of hydrogen-bond donors (Lipinski definition) is 1. The number of carbonyl (C=O) groups excluding carboxylic acids is 1. The third kappa shape index (κ3) is 3.68. The topological polar surface area (TPSA) is 35.6 Å². The van der Waals surface area contributed by atoms with E-state index < -0.39 is 0 Å². The molecule has 2 aliphatic rings. The highest BCUT2D eigenvalue weighted by molar-refractivity contribution is 5.78. The molecule has 0 unspecified atom stereocenters. The number of likely N-dealkylation sites (tertiary alicyclic amines) is 1. The van der Waals surface area contributed by atoms with Gasteiger partial charge in [-0.15, -0.1) is 0 Å². The first-order valence-corrected chi connectivity index (χ1v) is 6.95. The van der Waals surface area contributed by atoms with Crippen LogP contribution >= 0.6 is 0 Å². The van der Waals surface area contributed by atoms with Crippen LogP contribution in [0.5, 0.6) is 0 Å². The minimum absolute atomic E-state index is 0.215. The Kier molecular flexibility index (Phi) is 4.80. The lowest BCUT2D eigenvalue weighted by molar-refractivity contribution is -0.134. The van der Waals surface area contributed by atoms with Crippen molar-refractivity contribution in [3.63, 3.8) is 0 Å². The van der Waals surface area contributed by atoms with Gasteiger partial charge in [-0.2, -0.15) is 0 Å². The molecule has 0 aromatic carbocycles. The Morgan fingerprint density at radius 3 is 2.76 bits per heavy atom. The molecule has 2 heterocycles. The standard InChI is InChI=1S/C13H25N3O/c1-15(9-10-16-7-2-3-8-16)13(17)12-5-4-6-14-11-12/h12,14H,2-11H2,1H3/t12-/m1/s1. The molecular formula is C13H25N3O. The Balaban J connectivity index is 1.70. The van der Waals surface area contributed by atoms with Crippen LogP contribution in [-0.4, -0.2) is 62.0 Å². The quantitative estimate of drug-likeness (QED) is 0.778. The summed E-state index contributed by atoms with van der Waals surface area (Å²) in [5.41, 5.74) is 0. The van der Waals surface area contributed by atoms with Gasteiger partial charge in [0.2, 0.25) is 5.91 Å². The molecule has 2 fully saturated rings. The predicted octanol–water partition coefficient (Wildman–Crippen LogP) is 0.540. The van der Waals surface area contributed by atoms with E-state index in [0.29, 0.717) is 5.91 Å². The monoisotopic (exact) mass is 239 g/mol. The summed E-state index contributed by atoms with van der Waals surface area (Å²) in [7, 11) is 1.95. The largest absolute Gasteiger partial charge is 0.344 e. The van der Waals surface area contributed by atoms with E-state index in [1.54, 1.807) is 0 Å². The number of nitrogens with one attached hydrogen (secondary N) is 1. The lowest BCUT2D eigenvalue weighted by atomic mass is 9.98. The van der Waals surface area contributed by atoms with Crippen LogP contribution in [-0.2, 0) is 4.79 Å². The molecule has 2 rings (SSSR count). The molecule has 0 saturated carbocycles. The van der Waals surface area contributed by atoms with E-state index in [2.05, 4.69) is 10.2 Å². The third-order valence-corrected chi connectivity index (χ3v) is 3.97. The highest BCUT2D eigenvalue weighted by Crippen LogP contribution is 2.13. The molecule has 0 aromatic heterocycles. The van der Waals surface area contributed by atoms with Crippen molar-refractivity contribution in [2.45, 2.75) is 25.7 Å². The Hall–Kier alpha value is -0.610. The highest BCUT2D eigenvalue weighted by Gasteiger charge is 2.24. The maximum Gasteiger partial charge on any atom is 0.226 e. The maximum atomic E-state index is 12.2. The normalized spacial score (nSPS) is 26.1. The summed E-state index contributed by atoms with van der Waals surface area (Å²) in [6, 6.07) is 0. The van der Waals surface area contributed by atoms with Crippen molar-refractivity contribution >= 4 is 5.91 Å². The van der Waals surface area contributed by atoms with E-state index in [1.165, 1.54) is 25.9 Å². The summed E-state index contributed by atoms with van der Waals surface area (Å²) in [4.78, 5) is 16.6. The van der Waals surface area contributed by atoms with Gasteiger partial charge in [-0.25, -0.2) is 0 Å². The molecule has 4 nitrogen and oxygen atoms in total. The van der Waals surface area contributed by atoms with Crippen molar-refractivity contribution < 1.29 is 4.79 Å². The molecule has 0 spiro atoms. The first-order chi connectivity index (χ1) is 8.27. The zero-order valence-corrected chi connectivity index (χ0v) is 11.0. The molecule has 1 amide bonds. The Morgan fingerprint density at radius 2 is 2.12 bits per heavy atom. The number of rotatable bonds is 4. The Labute approximate surface area is 104 Å². The van der Waals surface area contributed by atoms with Crippen molar-refractivity contribution in [3.8, 4) is 0 Å². The number of likely N-dealkylation sites (N-methyl/N-ethyl adjacent to an activating group) is 1. The number of nitrogens with zero attached hydrogens (tertiary/aromatic N) is 2. The molecule has 0 aromatic rings. The van der Waals surface area contributed by atoms with Gasteiger partial charge in [0, 0.05) is 26.7 Å². The van der Waals surface area contributed by atoms with Gasteiger partial charge >= 0.3 is 0 Å². The van der Waals surface area contributed by atoms with Crippen molar-refractivity contribution in [3.05, 3.63) is 0 Å². The van der Waals surface area contributed by atoms with E-state index >= 15 is 0 Å². The fraction of sp³-hybridized carbons (Fsp3) is 0.923. The lowest BCUT2D eigenvalue weighted by Gasteiger charge is -2.28. The van der Waals surface area contributed by atoms with E-state index in [1.807, 2.05) is 11.9 Å². The van der Waals surface area contributed by atoms with Gasteiger partial charge in [-0.05, 0) is 45.3 Å². The second kappa shape index (κ2) is 6.36. The van der Waals surface area contributed by atoms with E-state index in [-0.39, 0.29) is 5.92 Å². The maximum absolute atomic E-state index is 12.2. The molecule has 1 atom stereocenters. The van der Waals surface area contributed by atoms with Gasteiger partial charge in [0.25, 0.3) is 0 Å². The first kappa shape index (κ1) is 12.8. The first-order valence-electron chi connectivity index (χ1n) is 6.95. The summed E-state index contributed by atoms with van der Waals surface area (Å²) in [5, 5.41) is 3.31. The third-order valence-electron chi connectivity index (χ3n) is 3.97. The summed E-state index contributed by atoms with van der Waals surface area (Å²) >= 11 is 0. The van der Waals surface area contributed by atoms with Gasteiger partial charge in [-0.3, -0.25) is 4.79 Å². The molecule has 98 valence electrons. The molecule has 4 heteroatoms. The molecule has 2 aliphatic heterocycles. The van der Waals surface area contributed by atoms with Crippen LogP contribution in [0.2, 0.25) is 0 Å². The lowest BCUT2D eigenvalue weighted by Crippen LogP contribution is -2.43. The van der Waals surface area contributed by atoms with Crippen molar-refractivity contribution in [1.29, 1.82) is 0 Å². The molecule has 0 bridgehead atoms. The number of hydrogen-bond acceptors (Lipinski definition) is 3. The smallest absolute Gasteiger partial charge is 0.226 e. The minimum Gasteiger partial charge on any atom is -0.344 e. The average Bonchev–Trinajstić information content (AvgIpc) is 2.89. The SMILES string of the molecule is CN(CCN1CCCC1)C(=O)[C@@H]1CCCNC1. The van der Waals surface area contributed by atoms with E-state index in [9.17, 15) is 4.79 Å². The summed E-state index contributed by atoms with van der Waals surface area (Å²) in [6.45, 7) is 6.30. The van der Waals surface area contributed by atoms with Crippen LogP contribution in [0.4, 0.5) is 0 Å². The summed E-state index contributed by atoms with van der Waals surface area (Å²) in [5.74, 6) is 0.545. The fourth-order valence-electron chi connectivity index (χ4n) is 2.78. The van der Waals surface area contributed by atoms with Gasteiger partial charge in [0.05, 0.1) is 5.92 Å². The zero-order chi connectivity index (χ0) is 12.1. The van der Waals surface area contributed by atoms with Crippen LogP contribution in [0, 0.1) is 5.92 Å². The fourth-order valence-corrected chi connectivity index (χ4v) is 2.78. The Morgan fingerprint density at radius 1 is 1.35 bits per heavy atom.